The van der Waals surface area contributed by atoms with Crippen LogP contribution in [0.3, 0.4) is 0 Å². The fourth-order valence-corrected chi connectivity index (χ4v) is 1.65. The van der Waals surface area contributed by atoms with Crippen molar-refractivity contribution in [2.75, 3.05) is 0 Å². The first-order chi connectivity index (χ1) is 8.48. The van der Waals surface area contributed by atoms with Gasteiger partial charge in [-0.2, -0.15) is 0 Å². The molecule has 2 aromatic rings. The Bertz CT molecular complexity index is 539. The van der Waals surface area contributed by atoms with Crippen molar-refractivity contribution >= 4 is 5.78 Å². The average molecular weight is 240 g/mol. The molecular weight excluding hydrogens is 224 g/mol. The van der Waals surface area contributed by atoms with Gasteiger partial charge in [-0.05, 0) is 6.07 Å². The molecule has 0 saturated carbocycles. The van der Waals surface area contributed by atoms with Crippen molar-refractivity contribution in [3.8, 4) is 11.4 Å². The molecule has 0 bridgehead atoms. The van der Waals surface area contributed by atoms with E-state index in [2.05, 4.69) is 9.97 Å². The lowest BCUT2D eigenvalue weighted by molar-refractivity contribution is 0.0858. The molecule has 1 aromatic carbocycles. The number of ketones is 1. The van der Waals surface area contributed by atoms with Gasteiger partial charge in [-0.15, -0.1) is 0 Å². The molecule has 0 unspecified atom stereocenters. The maximum Gasteiger partial charge on any atom is 0.168 e. The predicted molar refractivity (Wildman–Crippen MR) is 71.3 cm³/mol. The quantitative estimate of drug-likeness (QED) is 0.756. The van der Waals surface area contributed by atoms with Crippen molar-refractivity contribution in [3.63, 3.8) is 0 Å². The third-order valence-electron chi connectivity index (χ3n) is 2.65. The third-order valence-corrected chi connectivity index (χ3v) is 2.65. The summed E-state index contributed by atoms with van der Waals surface area (Å²) in [4.78, 5) is 20.4. The monoisotopic (exact) mass is 240 g/mol. The van der Waals surface area contributed by atoms with Crippen LogP contribution >= 0.6 is 0 Å². The fourth-order valence-electron chi connectivity index (χ4n) is 1.65. The van der Waals surface area contributed by atoms with Crippen molar-refractivity contribution in [2.24, 2.45) is 5.41 Å². The Balaban J connectivity index is 2.29. The van der Waals surface area contributed by atoms with E-state index >= 15 is 0 Å². The van der Waals surface area contributed by atoms with E-state index in [1.165, 1.54) is 0 Å². The lowest BCUT2D eigenvalue weighted by Gasteiger charge is -2.16. The molecule has 1 aromatic heterocycles. The van der Waals surface area contributed by atoms with Gasteiger partial charge in [0.2, 0.25) is 0 Å². The van der Waals surface area contributed by atoms with Crippen molar-refractivity contribution in [3.05, 3.63) is 48.3 Å². The molecule has 0 radical (unpaired) electrons. The van der Waals surface area contributed by atoms with E-state index in [4.69, 9.17) is 0 Å². The summed E-state index contributed by atoms with van der Waals surface area (Å²) in [5.74, 6) is 0.815. The number of aromatic nitrogens is 2. The molecule has 0 saturated heterocycles. The fraction of sp³-hybridized carbons (Fsp3) is 0.267. The number of nitrogens with zero attached hydrogens (tertiary/aromatic N) is 2. The summed E-state index contributed by atoms with van der Waals surface area (Å²) in [6.07, 6.45) is 3.41. The highest BCUT2D eigenvalue weighted by Gasteiger charge is 2.22. The topological polar surface area (TPSA) is 42.9 Å². The highest BCUT2D eigenvalue weighted by Crippen LogP contribution is 2.22. The minimum absolute atomic E-state index is 0.142. The Kier molecular flexibility index (Phi) is 3.24. The van der Waals surface area contributed by atoms with Gasteiger partial charge in [0, 0.05) is 28.9 Å². The molecule has 0 amide bonds. The molecule has 0 atom stereocenters. The summed E-state index contributed by atoms with van der Waals surface area (Å²) in [5, 5.41) is 0. The highest BCUT2D eigenvalue weighted by molar-refractivity contribution is 6.00. The van der Waals surface area contributed by atoms with Gasteiger partial charge in [-0.3, -0.25) is 4.79 Å². The molecule has 92 valence electrons. The second-order valence-electron chi connectivity index (χ2n) is 5.23. The standard InChI is InChI=1S/C15H16N2O/c1-15(2,3)13(18)11-5-7-12(8-6-11)14-16-9-4-10-17-14/h4-10H,1-3H3. The molecule has 0 N–H and O–H groups in total. The first-order valence-electron chi connectivity index (χ1n) is 5.91. The predicted octanol–water partition coefficient (Wildman–Crippen LogP) is 3.37. The van der Waals surface area contributed by atoms with Crippen LogP contribution in [0, 0.1) is 5.41 Å². The second kappa shape index (κ2) is 4.69. The van der Waals surface area contributed by atoms with Crippen LogP contribution < -0.4 is 0 Å². The van der Waals surface area contributed by atoms with Crippen LogP contribution in [-0.4, -0.2) is 15.8 Å². The summed E-state index contributed by atoms with van der Waals surface area (Å²) >= 11 is 0. The SMILES string of the molecule is CC(C)(C)C(=O)c1ccc(-c2ncccn2)cc1. The van der Waals surface area contributed by atoms with Crippen LogP contribution in [0.1, 0.15) is 31.1 Å². The molecule has 18 heavy (non-hydrogen) atoms. The molecule has 0 spiro atoms. The van der Waals surface area contributed by atoms with E-state index in [0.717, 1.165) is 11.1 Å². The van der Waals surface area contributed by atoms with Crippen LogP contribution in [0.25, 0.3) is 11.4 Å². The van der Waals surface area contributed by atoms with Crippen LogP contribution in [0.15, 0.2) is 42.7 Å². The summed E-state index contributed by atoms with van der Waals surface area (Å²) in [6, 6.07) is 9.21. The highest BCUT2D eigenvalue weighted by atomic mass is 16.1. The van der Waals surface area contributed by atoms with Gasteiger partial charge in [0.1, 0.15) is 0 Å². The average Bonchev–Trinajstić information content (AvgIpc) is 2.38. The molecule has 0 aliphatic rings. The zero-order valence-electron chi connectivity index (χ0n) is 10.8. The minimum atomic E-state index is -0.356. The molecule has 2 rings (SSSR count). The van der Waals surface area contributed by atoms with Gasteiger partial charge >= 0.3 is 0 Å². The van der Waals surface area contributed by atoms with Gasteiger partial charge in [0.15, 0.2) is 11.6 Å². The normalized spacial score (nSPS) is 11.3. The minimum Gasteiger partial charge on any atom is -0.294 e. The lowest BCUT2D eigenvalue weighted by atomic mass is 9.86. The van der Waals surface area contributed by atoms with E-state index in [-0.39, 0.29) is 11.2 Å². The molecule has 3 nitrogen and oxygen atoms in total. The van der Waals surface area contributed by atoms with Crippen molar-refractivity contribution < 1.29 is 4.79 Å². The zero-order chi connectivity index (χ0) is 13.2. The van der Waals surface area contributed by atoms with E-state index in [1.807, 2.05) is 45.0 Å². The van der Waals surface area contributed by atoms with Gasteiger partial charge in [0.25, 0.3) is 0 Å². The Morgan fingerprint density at radius 3 is 2.06 bits per heavy atom. The van der Waals surface area contributed by atoms with Gasteiger partial charge in [-0.1, -0.05) is 45.0 Å². The largest absolute Gasteiger partial charge is 0.294 e. The molecule has 0 fully saturated rings. The van der Waals surface area contributed by atoms with Crippen molar-refractivity contribution in [1.82, 2.24) is 9.97 Å². The van der Waals surface area contributed by atoms with Crippen LogP contribution in [-0.2, 0) is 0 Å². The molecular formula is C15H16N2O. The van der Waals surface area contributed by atoms with E-state index < -0.39 is 0 Å². The Hall–Kier alpha value is -2.03. The Morgan fingerprint density at radius 1 is 1.00 bits per heavy atom. The molecule has 1 heterocycles. The summed E-state index contributed by atoms with van der Waals surface area (Å²) < 4.78 is 0. The number of rotatable bonds is 2. The number of carbonyl (C=O) groups excluding carboxylic acids is 1. The van der Waals surface area contributed by atoms with Crippen molar-refractivity contribution in [1.29, 1.82) is 0 Å². The first kappa shape index (κ1) is 12.4. The number of Topliss-reactive ketones (excluding diaryl/α,β-unsaturated/α-hetero) is 1. The Labute approximate surface area is 107 Å². The number of hydrogen-bond acceptors (Lipinski definition) is 3. The van der Waals surface area contributed by atoms with Crippen LogP contribution in [0.5, 0.6) is 0 Å². The first-order valence-corrected chi connectivity index (χ1v) is 5.91. The van der Waals surface area contributed by atoms with E-state index in [9.17, 15) is 4.79 Å². The molecule has 3 heteroatoms. The van der Waals surface area contributed by atoms with Crippen molar-refractivity contribution in [2.45, 2.75) is 20.8 Å². The maximum atomic E-state index is 12.1. The third kappa shape index (κ3) is 2.62. The summed E-state index contributed by atoms with van der Waals surface area (Å²) in [7, 11) is 0. The van der Waals surface area contributed by atoms with Gasteiger partial charge in [-0.25, -0.2) is 9.97 Å². The second-order valence-corrected chi connectivity index (χ2v) is 5.23. The van der Waals surface area contributed by atoms with Gasteiger partial charge in [0.05, 0.1) is 0 Å². The van der Waals surface area contributed by atoms with E-state index in [1.54, 1.807) is 18.5 Å². The van der Waals surface area contributed by atoms with E-state index in [0.29, 0.717) is 5.82 Å². The smallest absolute Gasteiger partial charge is 0.168 e. The van der Waals surface area contributed by atoms with Crippen LogP contribution in [0.2, 0.25) is 0 Å². The Morgan fingerprint density at radius 2 is 1.56 bits per heavy atom. The number of benzene rings is 1. The summed E-state index contributed by atoms with van der Waals surface area (Å²) in [5.41, 5.74) is 1.29. The summed E-state index contributed by atoms with van der Waals surface area (Å²) in [6.45, 7) is 5.76. The number of carbonyl (C=O) groups is 1. The zero-order valence-corrected chi connectivity index (χ0v) is 10.8. The number of hydrogen-bond donors (Lipinski definition) is 0. The lowest BCUT2D eigenvalue weighted by Crippen LogP contribution is -2.19. The molecule has 0 aliphatic heterocycles. The van der Waals surface area contributed by atoms with Gasteiger partial charge < -0.3 is 0 Å². The molecule has 0 aliphatic carbocycles. The maximum absolute atomic E-state index is 12.1. The van der Waals surface area contributed by atoms with Crippen LogP contribution in [0.4, 0.5) is 0 Å².